The van der Waals surface area contributed by atoms with Crippen LogP contribution in [0.4, 0.5) is 5.69 Å². The first kappa shape index (κ1) is 15.8. The molecule has 6 heteroatoms. The second kappa shape index (κ2) is 7.44. The van der Waals surface area contributed by atoms with Gasteiger partial charge in [-0.05, 0) is 48.8 Å². The van der Waals surface area contributed by atoms with Gasteiger partial charge in [0.2, 0.25) is 0 Å². The van der Waals surface area contributed by atoms with Gasteiger partial charge in [-0.1, -0.05) is 6.07 Å². The smallest absolute Gasteiger partial charge is 0.109 e. The molecule has 0 amide bonds. The Bertz CT molecular complexity index is 735. The minimum Gasteiger partial charge on any atom is -0.378 e. The van der Waals surface area contributed by atoms with Crippen LogP contribution in [-0.2, 0) is 13.0 Å². The van der Waals surface area contributed by atoms with Crippen LogP contribution in [0.3, 0.4) is 0 Å². The lowest BCUT2D eigenvalue weighted by Gasteiger charge is -2.04. The number of nitrogens with zero attached hydrogens (tertiary/aromatic N) is 2. The number of rotatable bonds is 7. The Morgan fingerprint density at radius 3 is 3.05 bits per heavy atom. The molecule has 0 spiro atoms. The molecule has 0 saturated heterocycles. The van der Waals surface area contributed by atoms with Crippen molar-refractivity contribution in [2.24, 2.45) is 0 Å². The summed E-state index contributed by atoms with van der Waals surface area (Å²) in [6.07, 6.45) is 6.37. The minimum atomic E-state index is 0.844. The van der Waals surface area contributed by atoms with Crippen LogP contribution in [0.1, 0.15) is 21.7 Å². The fourth-order valence-corrected chi connectivity index (χ4v) is 4.74. The molecule has 0 bridgehead atoms. The maximum Gasteiger partial charge on any atom is 0.109 e. The third-order valence-electron chi connectivity index (χ3n) is 3.59. The molecule has 3 aromatic rings. The number of hydrogen-bond donors (Lipinski definition) is 1. The van der Waals surface area contributed by atoms with Gasteiger partial charge in [0, 0.05) is 16.3 Å². The number of anilines is 1. The lowest BCUT2D eigenvalue weighted by atomic mass is 10.2. The molecule has 1 N–H and O–H groups in total. The van der Waals surface area contributed by atoms with Crippen LogP contribution < -0.4 is 5.32 Å². The highest BCUT2D eigenvalue weighted by Crippen LogP contribution is 2.35. The van der Waals surface area contributed by atoms with Gasteiger partial charge >= 0.3 is 0 Å². The predicted octanol–water partition coefficient (Wildman–Crippen LogP) is 4.97. The molecule has 3 heterocycles. The zero-order valence-corrected chi connectivity index (χ0v) is 15.2. The highest BCUT2D eigenvalue weighted by molar-refractivity contribution is 7.98. The topological polar surface area (TPSA) is 37.8 Å². The van der Waals surface area contributed by atoms with Crippen LogP contribution in [0.2, 0.25) is 0 Å². The van der Waals surface area contributed by atoms with Crippen LogP contribution in [0, 0.1) is 6.92 Å². The maximum atomic E-state index is 4.35. The van der Waals surface area contributed by atoms with Crippen LogP contribution in [0.25, 0.3) is 10.2 Å². The number of fused-ring (bicyclic) bond motifs is 1. The van der Waals surface area contributed by atoms with Gasteiger partial charge in [-0.25, -0.2) is 0 Å². The van der Waals surface area contributed by atoms with Gasteiger partial charge in [0.15, 0.2) is 0 Å². The van der Waals surface area contributed by atoms with E-state index in [1.165, 1.54) is 32.2 Å². The number of aromatic nitrogens is 2. The third kappa shape index (κ3) is 3.45. The summed E-state index contributed by atoms with van der Waals surface area (Å²) in [6.45, 7) is 3.02. The van der Waals surface area contributed by atoms with E-state index in [2.05, 4.69) is 46.2 Å². The SMILES string of the molecule is CSCCCc1sc2c(NCc3cccs3)cnnc2c1C. The van der Waals surface area contributed by atoms with Crippen LogP contribution in [0.5, 0.6) is 0 Å². The average Bonchev–Trinajstić information content (AvgIpc) is 3.15. The summed E-state index contributed by atoms with van der Waals surface area (Å²) < 4.78 is 1.24. The number of thiophene rings is 2. The average molecular weight is 350 g/mol. The first-order valence-corrected chi connectivity index (χ1v) is 10.4. The molecule has 0 aliphatic rings. The van der Waals surface area contributed by atoms with Crippen LogP contribution >= 0.6 is 34.4 Å². The molecule has 3 nitrogen and oxygen atoms in total. The zero-order chi connectivity index (χ0) is 15.4. The first-order valence-electron chi connectivity index (χ1n) is 7.28. The molecule has 0 aliphatic carbocycles. The first-order chi connectivity index (χ1) is 10.8. The van der Waals surface area contributed by atoms with Crippen molar-refractivity contribution in [3.05, 3.63) is 39.0 Å². The molecule has 3 rings (SSSR count). The standard InChI is InChI=1S/C16H19N3S3/c1-11-14(6-4-7-20-2)22-16-13(10-18-19-15(11)16)17-9-12-5-3-8-21-12/h3,5,8,10H,4,6-7,9H2,1-2H3,(H,17,19). The van der Waals surface area contributed by atoms with E-state index in [-0.39, 0.29) is 0 Å². The third-order valence-corrected chi connectivity index (χ3v) is 6.54. The maximum absolute atomic E-state index is 4.35. The normalized spacial score (nSPS) is 11.2. The molecule has 3 aromatic heterocycles. The number of nitrogens with one attached hydrogen (secondary N) is 1. The van der Waals surface area contributed by atoms with Crippen molar-refractivity contribution in [3.8, 4) is 0 Å². The van der Waals surface area contributed by atoms with Gasteiger partial charge in [0.25, 0.3) is 0 Å². The molecular weight excluding hydrogens is 330 g/mol. The fraction of sp³-hybridized carbons (Fsp3) is 0.375. The largest absolute Gasteiger partial charge is 0.378 e. The Kier molecular flexibility index (Phi) is 5.33. The quantitative estimate of drug-likeness (QED) is 0.611. The summed E-state index contributed by atoms with van der Waals surface area (Å²) in [4.78, 5) is 2.78. The van der Waals surface area contributed by atoms with Crippen molar-refractivity contribution in [3.63, 3.8) is 0 Å². The van der Waals surface area contributed by atoms with Gasteiger partial charge in [-0.15, -0.1) is 27.8 Å². The summed E-state index contributed by atoms with van der Waals surface area (Å²) in [5.74, 6) is 1.21. The van der Waals surface area contributed by atoms with Gasteiger partial charge in [-0.3, -0.25) is 0 Å². The van der Waals surface area contributed by atoms with Crippen molar-refractivity contribution in [2.45, 2.75) is 26.3 Å². The van der Waals surface area contributed by atoms with E-state index in [0.717, 1.165) is 24.2 Å². The number of hydrogen-bond acceptors (Lipinski definition) is 6. The Morgan fingerprint density at radius 2 is 2.27 bits per heavy atom. The number of aryl methyl sites for hydroxylation is 2. The molecule has 0 aromatic carbocycles. The second-order valence-electron chi connectivity index (χ2n) is 5.12. The predicted molar refractivity (Wildman–Crippen MR) is 101 cm³/mol. The molecule has 0 unspecified atom stereocenters. The summed E-state index contributed by atoms with van der Waals surface area (Å²) >= 11 is 5.55. The molecule has 0 aliphatic heterocycles. The molecule has 0 radical (unpaired) electrons. The van der Waals surface area contributed by atoms with Gasteiger partial charge < -0.3 is 5.32 Å². The van der Waals surface area contributed by atoms with Crippen molar-refractivity contribution >= 4 is 50.3 Å². The lowest BCUT2D eigenvalue weighted by Crippen LogP contribution is -1.98. The minimum absolute atomic E-state index is 0.844. The summed E-state index contributed by atoms with van der Waals surface area (Å²) in [5, 5.41) is 14.1. The zero-order valence-electron chi connectivity index (χ0n) is 12.8. The van der Waals surface area contributed by atoms with Crippen molar-refractivity contribution < 1.29 is 0 Å². The summed E-state index contributed by atoms with van der Waals surface area (Å²) in [5.41, 5.74) is 3.45. The van der Waals surface area contributed by atoms with Crippen molar-refractivity contribution in [1.82, 2.24) is 10.2 Å². The van der Waals surface area contributed by atoms with Gasteiger partial charge in [0.1, 0.15) is 5.52 Å². The second-order valence-corrected chi connectivity index (χ2v) is 8.24. The highest BCUT2D eigenvalue weighted by atomic mass is 32.2. The van der Waals surface area contributed by atoms with E-state index in [4.69, 9.17) is 0 Å². The van der Waals surface area contributed by atoms with E-state index < -0.39 is 0 Å². The Hall–Kier alpha value is -1.11. The van der Waals surface area contributed by atoms with Gasteiger partial charge in [-0.2, -0.15) is 16.9 Å². The number of thioether (sulfide) groups is 1. The van der Waals surface area contributed by atoms with Crippen molar-refractivity contribution in [2.75, 3.05) is 17.3 Å². The van der Waals surface area contributed by atoms with E-state index >= 15 is 0 Å². The molecular formula is C16H19N3S3. The molecule has 0 atom stereocenters. The molecule has 0 saturated carbocycles. The summed E-state index contributed by atoms with van der Waals surface area (Å²) in [7, 11) is 0. The lowest BCUT2D eigenvalue weighted by molar-refractivity contribution is 0.945. The molecule has 0 fully saturated rings. The fourth-order valence-electron chi connectivity index (χ4n) is 2.39. The summed E-state index contributed by atoms with van der Waals surface area (Å²) in [6, 6.07) is 4.23. The van der Waals surface area contributed by atoms with E-state index in [1.807, 2.05) is 29.3 Å². The van der Waals surface area contributed by atoms with Crippen LogP contribution in [-0.4, -0.2) is 22.2 Å². The van der Waals surface area contributed by atoms with E-state index in [1.54, 1.807) is 11.3 Å². The monoisotopic (exact) mass is 349 g/mol. The highest BCUT2D eigenvalue weighted by Gasteiger charge is 2.13. The Balaban J connectivity index is 1.82. The van der Waals surface area contributed by atoms with Crippen LogP contribution in [0.15, 0.2) is 23.7 Å². The van der Waals surface area contributed by atoms with E-state index in [0.29, 0.717) is 0 Å². The van der Waals surface area contributed by atoms with Gasteiger partial charge in [0.05, 0.1) is 16.6 Å². The Labute approximate surface area is 143 Å². The Morgan fingerprint density at radius 1 is 1.36 bits per heavy atom. The molecule has 116 valence electrons. The molecule has 22 heavy (non-hydrogen) atoms. The van der Waals surface area contributed by atoms with Crippen molar-refractivity contribution in [1.29, 1.82) is 0 Å². The van der Waals surface area contributed by atoms with E-state index in [9.17, 15) is 0 Å².